The van der Waals surface area contributed by atoms with Crippen molar-refractivity contribution in [3.05, 3.63) is 28.0 Å². The van der Waals surface area contributed by atoms with Crippen LogP contribution >= 0.6 is 23.5 Å². The summed E-state index contributed by atoms with van der Waals surface area (Å²) in [4.78, 5) is 18.2. The van der Waals surface area contributed by atoms with Crippen molar-refractivity contribution in [1.29, 1.82) is 0 Å². The average molecular weight is 326 g/mol. The molecule has 0 aliphatic carbocycles. The van der Waals surface area contributed by atoms with Gasteiger partial charge in [-0.15, -0.1) is 10.2 Å². The van der Waals surface area contributed by atoms with Gasteiger partial charge in [-0.05, 0) is 13.3 Å². The average Bonchev–Trinajstić information content (AvgIpc) is 2.88. The number of hydrogen-bond acceptors (Lipinski definition) is 7. The second kappa shape index (κ2) is 8.23. The molecule has 0 saturated carbocycles. The van der Waals surface area contributed by atoms with Gasteiger partial charge < -0.3 is 9.40 Å². The molecule has 2 aromatic heterocycles. The van der Waals surface area contributed by atoms with Crippen LogP contribution in [0.4, 0.5) is 0 Å². The summed E-state index contributed by atoms with van der Waals surface area (Å²) in [7, 11) is 0. The number of aromatic nitrogens is 4. The summed E-state index contributed by atoms with van der Waals surface area (Å²) in [5.74, 6) is 2.03. The normalized spacial score (nSPS) is 11.0. The molecule has 0 amide bonds. The topological polar surface area (TPSA) is 84.7 Å². The first kappa shape index (κ1) is 16.1. The Morgan fingerprint density at radius 2 is 2.14 bits per heavy atom. The van der Waals surface area contributed by atoms with Crippen molar-refractivity contribution in [2.75, 3.05) is 5.75 Å². The van der Waals surface area contributed by atoms with Gasteiger partial charge in [-0.3, -0.25) is 4.79 Å². The van der Waals surface area contributed by atoms with Gasteiger partial charge in [-0.25, -0.2) is 4.98 Å². The first-order valence-corrected chi connectivity index (χ1v) is 8.80. The maximum Gasteiger partial charge on any atom is 0.276 e. The van der Waals surface area contributed by atoms with Gasteiger partial charge in [0.25, 0.3) is 10.8 Å². The van der Waals surface area contributed by atoms with E-state index in [0.717, 1.165) is 12.2 Å². The van der Waals surface area contributed by atoms with E-state index in [1.165, 1.54) is 30.7 Å². The van der Waals surface area contributed by atoms with Crippen LogP contribution in [0, 0.1) is 6.92 Å². The van der Waals surface area contributed by atoms with Gasteiger partial charge in [0.15, 0.2) is 5.16 Å². The first-order valence-electron chi connectivity index (χ1n) is 6.83. The second-order valence-corrected chi connectivity index (χ2v) is 6.51. The minimum Gasteiger partial charge on any atom is -0.415 e. The second-order valence-electron chi connectivity index (χ2n) is 4.50. The molecule has 2 rings (SSSR count). The molecule has 1 N–H and O–H groups in total. The van der Waals surface area contributed by atoms with Gasteiger partial charge in [-0.1, -0.05) is 43.3 Å². The Morgan fingerprint density at radius 1 is 1.29 bits per heavy atom. The third-order valence-electron chi connectivity index (χ3n) is 2.60. The Kier molecular flexibility index (Phi) is 6.31. The van der Waals surface area contributed by atoms with Crippen molar-refractivity contribution < 1.29 is 4.42 Å². The summed E-state index contributed by atoms with van der Waals surface area (Å²) in [6.45, 7) is 3.97. The predicted octanol–water partition coefficient (Wildman–Crippen LogP) is 3.04. The number of rotatable bonds is 8. The largest absolute Gasteiger partial charge is 0.415 e. The number of unbranched alkanes of at least 4 members (excludes halogenated alkanes) is 2. The van der Waals surface area contributed by atoms with Crippen LogP contribution in [0.25, 0.3) is 0 Å². The number of aryl methyl sites for hydroxylation is 1. The molecule has 114 valence electrons. The number of hydrogen-bond donors (Lipinski definition) is 1. The van der Waals surface area contributed by atoms with Gasteiger partial charge in [-0.2, -0.15) is 0 Å². The molecule has 0 aliphatic heterocycles. The van der Waals surface area contributed by atoms with Crippen LogP contribution in [0.2, 0.25) is 0 Å². The molecule has 0 atom stereocenters. The predicted molar refractivity (Wildman–Crippen MR) is 83.7 cm³/mol. The zero-order valence-corrected chi connectivity index (χ0v) is 13.7. The molecule has 0 aliphatic rings. The zero-order chi connectivity index (χ0) is 15.1. The minimum absolute atomic E-state index is 0.150. The van der Waals surface area contributed by atoms with Crippen molar-refractivity contribution in [2.24, 2.45) is 0 Å². The van der Waals surface area contributed by atoms with Crippen molar-refractivity contribution in [3.8, 4) is 0 Å². The Morgan fingerprint density at radius 3 is 2.90 bits per heavy atom. The van der Waals surface area contributed by atoms with Crippen molar-refractivity contribution in [2.45, 2.75) is 49.2 Å². The highest BCUT2D eigenvalue weighted by Crippen LogP contribution is 2.22. The fourth-order valence-corrected chi connectivity index (χ4v) is 3.15. The molecule has 2 aromatic rings. The lowest BCUT2D eigenvalue weighted by Gasteiger charge is -1.98. The number of thioether (sulfide) groups is 2. The fraction of sp³-hybridized carbons (Fsp3) is 0.538. The van der Waals surface area contributed by atoms with Gasteiger partial charge in [0.1, 0.15) is 0 Å². The maximum absolute atomic E-state index is 11.3. The summed E-state index contributed by atoms with van der Waals surface area (Å²) < 4.78 is 5.55. The lowest BCUT2D eigenvalue weighted by atomic mass is 10.3. The third-order valence-corrected chi connectivity index (χ3v) is 4.36. The molecule has 0 fully saturated rings. The molecule has 0 bridgehead atoms. The Labute approximate surface area is 131 Å². The van der Waals surface area contributed by atoms with E-state index in [-0.39, 0.29) is 5.56 Å². The van der Waals surface area contributed by atoms with Crippen molar-refractivity contribution >= 4 is 23.5 Å². The van der Waals surface area contributed by atoms with Crippen molar-refractivity contribution in [1.82, 2.24) is 20.2 Å². The quantitative estimate of drug-likeness (QED) is 0.453. The highest BCUT2D eigenvalue weighted by Gasteiger charge is 2.08. The van der Waals surface area contributed by atoms with E-state index in [1.54, 1.807) is 18.7 Å². The number of aromatic amines is 1. The van der Waals surface area contributed by atoms with Gasteiger partial charge in [0, 0.05) is 17.5 Å². The lowest BCUT2D eigenvalue weighted by Crippen LogP contribution is -2.08. The first-order chi connectivity index (χ1) is 10.2. The van der Waals surface area contributed by atoms with E-state index >= 15 is 0 Å². The number of nitrogens with one attached hydrogen (secondary N) is 1. The number of nitrogens with zero attached hydrogens (tertiary/aromatic N) is 3. The van der Waals surface area contributed by atoms with E-state index in [0.29, 0.717) is 27.7 Å². The SMILES string of the molecule is CCCCCSc1nnc(CSc2nc(C)cc(=O)[nH]2)o1. The van der Waals surface area contributed by atoms with E-state index in [9.17, 15) is 4.79 Å². The van der Waals surface area contributed by atoms with Gasteiger partial charge in [0.05, 0.1) is 5.75 Å². The summed E-state index contributed by atoms with van der Waals surface area (Å²) in [6, 6.07) is 1.46. The summed E-state index contributed by atoms with van der Waals surface area (Å²) in [5.41, 5.74) is 0.543. The lowest BCUT2D eigenvalue weighted by molar-refractivity contribution is 0.426. The van der Waals surface area contributed by atoms with Crippen LogP contribution in [-0.2, 0) is 5.75 Å². The molecule has 6 nitrogen and oxygen atoms in total. The zero-order valence-electron chi connectivity index (χ0n) is 12.1. The molecule has 0 unspecified atom stereocenters. The summed E-state index contributed by atoms with van der Waals surface area (Å²) in [5, 5.41) is 9.17. The molecule has 2 heterocycles. The van der Waals surface area contributed by atoms with Crippen LogP contribution < -0.4 is 5.56 Å². The summed E-state index contributed by atoms with van der Waals surface area (Å²) in [6.07, 6.45) is 3.58. The third kappa shape index (κ3) is 5.55. The van der Waals surface area contributed by atoms with Crippen LogP contribution in [0.15, 0.2) is 25.7 Å². The molecule has 0 radical (unpaired) electrons. The van der Waals surface area contributed by atoms with Crippen molar-refractivity contribution in [3.63, 3.8) is 0 Å². The van der Waals surface area contributed by atoms with Crippen LogP contribution in [-0.4, -0.2) is 25.9 Å². The fourth-order valence-electron chi connectivity index (χ4n) is 1.62. The van der Waals surface area contributed by atoms with E-state index in [4.69, 9.17) is 4.42 Å². The monoisotopic (exact) mass is 326 g/mol. The highest BCUT2D eigenvalue weighted by atomic mass is 32.2. The van der Waals surface area contributed by atoms with Gasteiger partial charge >= 0.3 is 0 Å². The smallest absolute Gasteiger partial charge is 0.276 e. The molecule has 8 heteroatoms. The minimum atomic E-state index is -0.150. The molecule has 0 saturated heterocycles. The van der Waals surface area contributed by atoms with E-state index in [1.807, 2.05) is 0 Å². The maximum atomic E-state index is 11.3. The standard InChI is InChI=1S/C13H18N4O2S2/c1-3-4-5-6-20-13-17-16-11(19-13)8-21-12-14-9(2)7-10(18)15-12/h7H,3-6,8H2,1-2H3,(H,14,15,18). The Balaban J connectivity index is 1.83. The van der Waals surface area contributed by atoms with Crippen LogP contribution in [0.5, 0.6) is 0 Å². The molecular formula is C13H18N4O2S2. The Bertz CT molecular complexity index is 627. The van der Waals surface area contributed by atoms with Crippen LogP contribution in [0.3, 0.4) is 0 Å². The molecule has 0 aromatic carbocycles. The molecule has 21 heavy (non-hydrogen) atoms. The van der Waals surface area contributed by atoms with E-state index < -0.39 is 0 Å². The molecular weight excluding hydrogens is 308 g/mol. The van der Waals surface area contributed by atoms with Gasteiger partial charge in [0.2, 0.25) is 5.89 Å². The Hall–Kier alpha value is -1.28. The van der Waals surface area contributed by atoms with Crippen LogP contribution in [0.1, 0.15) is 37.8 Å². The van der Waals surface area contributed by atoms with E-state index in [2.05, 4.69) is 27.1 Å². The molecule has 0 spiro atoms. The number of H-pyrrole nitrogens is 1. The summed E-state index contributed by atoms with van der Waals surface area (Å²) >= 11 is 2.96. The highest BCUT2D eigenvalue weighted by molar-refractivity contribution is 7.99.